The maximum Gasteiger partial charge on any atom is 0.573 e. The van der Waals surface area contributed by atoms with Crippen LogP contribution in [0.2, 0.25) is 0 Å². The van der Waals surface area contributed by atoms with E-state index in [1.165, 1.54) is 27.7 Å². The van der Waals surface area contributed by atoms with Crippen LogP contribution < -0.4 is 0 Å². The smallest absolute Gasteiger partial charge is 0.254 e. The summed E-state index contributed by atoms with van der Waals surface area (Å²) in [5, 5.41) is 0. The zero-order valence-electron chi connectivity index (χ0n) is 16.2. The average Bonchev–Trinajstić information content (AvgIpc) is 2.38. The van der Waals surface area contributed by atoms with E-state index in [0.29, 0.717) is 0 Å². The Morgan fingerprint density at radius 2 is 0.792 bits per heavy atom. The molecule has 9 heteroatoms. The van der Waals surface area contributed by atoms with Gasteiger partial charge >= 0.3 is 6.16 Å². The minimum atomic E-state index is -1.35. The van der Waals surface area contributed by atoms with Crippen LogP contribution in [0, 0.1) is 0 Å². The summed E-state index contributed by atoms with van der Waals surface area (Å²) in [6.07, 6.45) is -1.25. The lowest BCUT2D eigenvalue weighted by Crippen LogP contribution is -2.36. The molecule has 0 atom stereocenters. The lowest BCUT2D eigenvalue weighted by molar-refractivity contribution is -0.525. The third-order valence-corrected chi connectivity index (χ3v) is 1.61. The third-order valence-electron chi connectivity index (χ3n) is 1.61. The summed E-state index contributed by atoms with van der Waals surface area (Å²) >= 11 is 0. The SMILES string of the molecule is CC(C)(C)OOC(C)(C)OOC(=O)OOC(C)(C)OOC(C)(C)C. The van der Waals surface area contributed by atoms with Crippen molar-refractivity contribution in [3.05, 3.63) is 0 Å². The minimum Gasteiger partial charge on any atom is -0.254 e. The van der Waals surface area contributed by atoms with Crippen LogP contribution >= 0.6 is 0 Å². The maximum absolute atomic E-state index is 11.5. The fourth-order valence-corrected chi connectivity index (χ4v) is 0.761. The molecular formula is C15H30O9. The van der Waals surface area contributed by atoms with Crippen molar-refractivity contribution in [1.29, 1.82) is 0 Å². The van der Waals surface area contributed by atoms with Gasteiger partial charge in [-0.05, 0) is 69.2 Å². The Hall–Kier alpha value is -0.970. The van der Waals surface area contributed by atoms with Gasteiger partial charge < -0.3 is 0 Å². The first kappa shape index (κ1) is 23.0. The Balaban J connectivity index is 4.17. The van der Waals surface area contributed by atoms with E-state index < -0.39 is 28.9 Å². The predicted octanol–water partition coefficient (Wildman–Crippen LogP) is 3.97. The largest absolute Gasteiger partial charge is 0.573 e. The van der Waals surface area contributed by atoms with E-state index in [1.807, 2.05) is 0 Å². The highest BCUT2D eigenvalue weighted by Crippen LogP contribution is 2.20. The first-order valence-electron chi connectivity index (χ1n) is 7.50. The van der Waals surface area contributed by atoms with Gasteiger partial charge in [0.25, 0.3) is 0 Å². The Kier molecular flexibility index (Phi) is 8.07. The molecule has 0 rings (SSSR count). The highest BCUT2D eigenvalue weighted by molar-refractivity contribution is 5.58. The predicted molar refractivity (Wildman–Crippen MR) is 81.7 cm³/mol. The second-order valence-electron chi connectivity index (χ2n) is 7.94. The Morgan fingerprint density at radius 1 is 0.500 bits per heavy atom. The standard InChI is InChI=1S/C15H30O9/c1-12(2,3)19-23-14(7,8)21-17-11(16)18-22-15(9,10)24-20-13(4,5)6/h1-10H3. The molecule has 24 heavy (non-hydrogen) atoms. The molecule has 0 N–H and O–H groups in total. The second kappa shape index (κ2) is 8.41. The van der Waals surface area contributed by atoms with Gasteiger partial charge in [-0.1, -0.05) is 0 Å². The maximum atomic E-state index is 11.5. The molecule has 0 saturated heterocycles. The number of carbonyl (C=O) groups is 1. The van der Waals surface area contributed by atoms with E-state index in [9.17, 15) is 4.79 Å². The van der Waals surface area contributed by atoms with Gasteiger partial charge in [0, 0.05) is 0 Å². The fourth-order valence-electron chi connectivity index (χ4n) is 0.761. The van der Waals surface area contributed by atoms with Crippen molar-refractivity contribution >= 4 is 6.16 Å². The molecule has 0 bridgehead atoms. The molecule has 0 fully saturated rings. The topological polar surface area (TPSA) is 90.9 Å². The normalized spacial score (nSPS) is 13.8. The van der Waals surface area contributed by atoms with Crippen LogP contribution in [-0.2, 0) is 39.1 Å². The molecule has 0 radical (unpaired) electrons. The molecule has 0 saturated carbocycles. The van der Waals surface area contributed by atoms with E-state index in [-0.39, 0.29) is 0 Å². The van der Waals surface area contributed by atoms with Crippen LogP contribution in [0.4, 0.5) is 4.79 Å². The van der Waals surface area contributed by atoms with Crippen LogP contribution in [0.1, 0.15) is 69.2 Å². The zero-order chi connectivity index (χ0) is 19.2. The van der Waals surface area contributed by atoms with Crippen molar-refractivity contribution in [2.24, 2.45) is 0 Å². The Bertz CT molecular complexity index is 355. The van der Waals surface area contributed by atoms with Gasteiger partial charge in [-0.15, -0.1) is 9.78 Å². The zero-order valence-corrected chi connectivity index (χ0v) is 16.2. The first-order chi connectivity index (χ1) is 10.5. The molecule has 0 spiro atoms. The summed E-state index contributed by atoms with van der Waals surface area (Å²) in [7, 11) is 0. The van der Waals surface area contributed by atoms with Crippen molar-refractivity contribution < 1.29 is 43.9 Å². The van der Waals surface area contributed by atoms with Gasteiger partial charge in [-0.2, -0.15) is 14.6 Å². The quantitative estimate of drug-likeness (QED) is 0.365. The minimum absolute atomic E-state index is 0.557. The summed E-state index contributed by atoms with van der Waals surface area (Å²) in [5.74, 6) is -2.71. The van der Waals surface area contributed by atoms with Gasteiger partial charge in [0.15, 0.2) is 0 Å². The van der Waals surface area contributed by atoms with Crippen molar-refractivity contribution in [2.45, 2.75) is 92.0 Å². The summed E-state index contributed by atoms with van der Waals surface area (Å²) in [5.41, 5.74) is -1.11. The van der Waals surface area contributed by atoms with E-state index >= 15 is 0 Å². The molecule has 0 aliphatic heterocycles. The summed E-state index contributed by atoms with van der Waals surface area (Å²) < 4.78 is 0. The lowest BCUT2D eigenvalue weighted by Gasteiger charge is -2.27. The fraction of sp³-hybridized carbons (Fsp3) is 0.933. The van der Waals surface area contributed by atoms with Gasteiger partial charge in [0.05, 0.1) is 11.2 Å². The van der Waals surface area contributed by atoms with Gasteiger partial charge in [-0.3, -0.25) is 9.78 Å². The van der Waals surface area contributed by atoms with Gasteiger partial charge in [0.1, 0.15) is 0 Å². The summed E-state index contributed by atoms with van der Waals surface area (Å²) in [6.45, 7) is 16.6. The third kappa shape index (κ3) is 13.5. The van der Waals surface area contributed by atoms with Crippen molar-refractivity contribution in [3.63, 3.8) is 0 Å². The molecule has 0 amide bonds. The molecule has 0 unspecified atom stereocenters. The molecule has 0 aromatic heterocycles. The second-order valence-corrected chi connectivity index (χ2v) is 7.94. The lowest BCUT2D eigenvalue weighted by atomic mass is 10.2. The van der Waals surface area contributed by atoms with E-state index in [2.05, 4.69) is 9.78 Å². The molecule has 9 nitrogen and oxygen atoms in total. The van der Waals surface area contributed by atoms with E-state index in [4.69, 9.17) is 29.3 Å². The van der Waals surface area contributed by atoms with E-state index in [1.54, 1.807) is 41.5 Å². The first-order valence-corrected chi connectivity index (χ1v) is 7.50. The van der Waals surface area contributed by atoms with Crippen LogP contribution in [0.5, 0.6) is 0 Å². The number of hydrogen-bond donors (Lipinski definition) is 0. The van der Waals surface area contributed by atoms with Crippen molar-refractivity contribution in [2.75, 3.05) is 0 Å². The van der Waals surface area contributed by atoms with E-state index in [0.717, 1.165) is 0 Å². The van der Waals surface area contributed by atoms with Gasteiger partial charge in [0.2, 0.25) is 11.6 Å². The number of hydrogen-bond acceptors (Lipinski definition) is 9. The van der Waals surface area contributed by atoms with Gasteiger partial charge in [-0.25, -0.2) is 9.78 Å². The molecule has 0 aromatic rings. The summed E-state index contributed by atoms with van der Waals surface area (Å²) in [6, 6.07) is 0. The molecule has 0 aromatic carbocycles. The molecule has 0 aliphatic carbocycles. The van der Waals surface area contributed by atoms with Crippen molar-refractivity contribution in [3.8, 4) is 0 Å². The highest BCUT2D eigenvalue weighted by Gasteiger charge is 2.31. The van der Waals surface area contributed by atoms with Crippen LogP contribution in [0.15, 0.2) is 0 Å². The monoisotopic (exact) mass is 354 g/mol. The molecular weight excluding hydrogens is 324 g/mol. The van der Waals surface area contributed by atoms with Crippen LogP contribution in [0.3, 0.4) is 0 Å². The molecule has 144 valence electrons. The Labute approximate surface area is 143 Å². The number of rotatable bonds is 8. The summed E-state index contributed by atoms with van der Waals surface area (Å²) in [4.78, 5) is 50.1. The molecule has 0 aliphatic rings. The molecule has 0 heterocycles. The highest BCUT2D eigenvalue weighted by atomic mass is 17.4. The van der Waals surface area contributed by atoms with Crippen molar-refractivity contribution in [1.82, 2.24) is 0 Å². The van der Waals surface area contributed by atoms with Crippen LogP contribution in [-0.4, -0.2) is 28.9 Å². The van der Waals surface area contributed by atoms with Crippen LogP contribution in [0.25, 0.3) is 0 Å². The Morgan fingerprint density at radius 3 is 1.04 bits per heavy atom. The number of carbonyl (C=O) groups excluding carboxylic acids is 1. The average molecular weight is 354 g/mol.